The molecule has 1 aromatic rings. The van der Waals surface area contributed by atoms with Gasteiger partial charge in [-0.3, -0.25) is 4.57 Å². The number of hydrogen-bond donors (Lipinski definition) is 4. The van der Waals surface area contributed by atoms with Crippen molar-refractivity contribution in [2.75, 3.05) is 18.9 Å². The van der Waals surface area contributed by atoms with Crippen molar-refractivity contribution in [3.8, 4) is 0 Å². The zero-order valence-electron chi connectivity index (χ0n) is 10.8. The number of azide groups is 1. The van der Waals surface area contributed by atoms with E-state index in [4.69, 9.17) is 16.0 Å². The van der Waals surface area contributed by atoms with Crippen LogP contribution in [-0.4, -0.2) is 55.8 Å². The molecule has 5 N–H and O–H groups in total. The van der Waals surface area contributed by atoms with E-state index in [1.807, 2.05) is 0 Å². The third-order valence-corrected chi connectivity index (χ3v) is 3.31. The van der Waals surface area contributed by atoms with Gasteiger partial charge in [0.15, 0.2) is 6.23 Å². The number of nitrogens with two attached hydrogens (primary N) is 1. The number of aromatic nitrogens is 2. The van der Waals surface area contributed by atoms with Crippen LogP contribution in [0.3, 0.4) is 0 Å². The molecule has 0 saturated carbocycles. The molecule has 1 aliphatic rings. The summed E-state index contributed by atoms with van der Waals surface area (Å²) in [5.74, 6) is -0.00760. The number of ether oxygens (including phenoxy) is 1. The van der Waals surface area contributed by atoms with Gasteiger partial charge in [0.2, 0.25) is 0 Å². The Morgan fingerprint density at radius 3 is 2.90 bits per heavy atom. The Balaban J connectivity index is 2.39. The molecular formula is C10H14N6O5. The second-order valence-electron chi connectivity index (χ2n) is 4.60. The van der Waals surface area contributed by atoms with Gasteiger partial charge in [-0.15, -0.1) is 0 Å². The number of hydrogen-bond acceptors (Lipinski definition) is 8. The molecule has 11 nitrogen and oxygen atoms in total. The molecule has 21 heavy (non-hydrogen) atoms. The first-order chi connectivity index (χ1) is 9.95. The van der Waals surface area contributed by atoms with Crippen molar-refractivity contribution in [2.45, 2.75) is 24.0 Å². The maximum atomic E-state index is 11.7. The van der Waals surface area contributed by atoms with E-state index in [1.165, 1.54) is 12.3 Å². The van der Waals surface area contributed by atoms with Gasteiger partial charge in [0.1, 0.15) is 23.6 Å². The summed E-state index contributed by atoms with van der Waals surface area (Å²) in [5.41, 5.74) is 11.2. The fraction of sp³-hybridized carbons (Fsp3) is 0.600. The van der Waals surface area contributed by atoms with E-state index >= 15 is 0 Å². The molecule has 0 radical (unpaired) electrons. The molecule has 1 aliphatic heterocycles. The summed E-state index contributed by atoms with van der Waals surface area (Å²) in [6.45, 7) is -1.12. The highest BCUT2D eigenvalue weighted by molar-refractivity contribution is 5.23. The Hall–Kier alpha value is -2.17. The Bertz CT molecular complexity index is 629. The van der Waals surface area contributed by atoms with Gasteiger partial charge < -0.3 is 25.8 Å². The van der Waals surface area contributed by atoms with Gasteiger partial charge in [-0.05, 0) is 11.6 Å². The molecule has 0 aliphatic carbocycles. The molecular weight excluding hydrogens is 284 g/mol. The molecule has 2 heterocycles. The highest BCUT2D eigenvalue weighted by Gasteiger charge is 2.54. The largest absolute Gasteiger partial charge is 0.393 e. The maximum absolute atomic E-state index is 11.7. The van der Waals surface area contributed by atoms with E-state index in [2.05, 4.69) is 15.0 Å². The molecule has 0 amide bonds. The van der Waals surface area contributed by atoms with Gasteiger partial charge in [-0.1, -0.05) is 5.11 Å². The van der Waals surface area contributed by atoms with Crippen molar-refractivity contribution >= 4 is 5.82 Å². The van der Waals surface area contributed by atoms with Crippen molar-refractivity contribution in [1.82, 2.24) is 9.55 Å². The Morgan fingerprint density at radius 1 is 1.62 bits per heavy atom. The number of nitrogen functional groups attached to an aromatic ring is 1. The Morgan fingerprint density at radius 2 is 2.33 bits per heavy atom. The fourth-order valence-corrected chi connectivity index (χ4v) is 2.15. The van der Waals surface area contributed by atoms with Gasteiger partial charge in [-0.25, -0.2) is 4.79 Å². The number of rotatable bonds is 4. The molecule has 1 aromatic heterocycles. The lowest BCUT2D eigenvalue weighted by Gasteiger charge is -2.27. The predicted octanol–water partition coefficient (Wildman–Crippen LogP) is -1.88. The molecule has 11 heteroatoms. The lowest BCUT2D eigenvalue weighted by atomic mass is 9.96. The van der Waals surface area contributed by atoms with E-state index in [0.29, 0.717) is 0 Å². The topological polar surface area (TPSA) is 180 Å². The molecule has 0 spiro atoms. The van der Waals surface area contributed by atoms with Gasteiger partial charge in [-0.2, -0.15) is 4.98 Å². The molecule has 2 rings (SSSR count). The summed E-state index contributed by atoms with van der Waals surface area (Å²) in [7, 11) is 0. The Labute approximate surface area is 117 Å². The Kier molecular flexibility index (Phi) is 4.11. The second-order valence-corrected chi connectivity index (χ2v) is 4.60. The summed E-state index contributed by atoms with van der Waals surface area (Å²) in [4.78, 5) is 17.8. The van der Waals surface area contributed by atoms with Crippen molar-refractivity contribution in [1.29, 1.82) is 0 Å². The van der Waals surface area contributed by atoms with Crippen LogP contribution in [0.5, 0.6) is 0 Å². The molecule has 1 fully saturated rings. The molecule has 0 aromatic carbocycles. The highest BCUT2D eigenvalue weighted by Crippen LogP contribution is 2.36. The minimum absolute atomic E-state index is 0.00760. The van der Waals surface area contributed by atoms with Gasteiger partial charge in [0.05, 0.1) is 13.2 Å². The zero-order chi connectivity index (χ0) is 15.6. The van der Waals surface area contributed by atoms with Crippen LogP contribution >= 0.6 is 0 Å². The average Bonchev–Trinajstić information content (AvgIpc) is 2.71. The van der Waals surface area contributed by atoms with Crippen molar-refractivity contribution in [3.63, 3.8) is 0 Å². The van der Waals surface area contributed by atoms with Crippen LogP contribution in [0.1, 0.15) is 6.23 Å². The van der Waals surface area contributed by atoms with Crippen LogP contribution < -0.4 is 11.4 Å². The van der Waals surface area contributed by atoms with E-state index in [1.54, 1.807) is 0 Å². The zero-order valence-corrected chi connectivity index (χ0v) is 10.8. The van der Waals surface area contributed by atoms with Crippen LogP contribution in [0.2, 0.25) is 0 Å². The molecule has 1 saturated heterocycles. The van der Waals surface area contributed by atoms with Crippen molar-refractivity contribution in [2.24, 2.45) is 5.11 Å². The minimum Gasteiger partial charge on any atom is -0.393 e. The summed E-state index contributed by atoms with van der Waals surface area (Å²) in [6.07, 6.45) is -3.12. The first kappa shape index (κ1) is 15.2. The lowest BCUT2D eigenvalue weighted by Crippen LogP contribution is -2.48. The molecule has 0 bridgehead atoms. The highest BCUT2D eigenvalue weighted by atomic mass is 16.6. The van der Waals surface area contributed by atoms with Crippen LogP contribution in [0.15, 0.2) is 22.2 Å². The van der Waals surface area contributed by atoms with Gasteiger partial charge in [0.25, 0.3) is 0 Å². The normalized spacial score (nSPS) is 31.9. The number of nitrogens with zero attached hydrogens (tertiary/aromatic N) is 5. The number of aliphatic hydroxyl groups is 3. The quantitative estimate of drug-likeness (QED) is 0.285. The first-order valence-electron chi connectivity index (χ1n) is 5.95. The van der Waals surface area contributed by atoms with Crippen LogP contribution in [0, 0.1) is 0 Å². The lowest BCUT2D eigenvalue weighted by molar-refractivity contribution is -0.123. The fourth-order valence-electron chi connectivity index (χ4n) is 2.15. The first-order valence-corrected chi connectivity index (χ1v) is 5.95. The summed E-state index contributed by atoms with van der Waals surface area (Å²) in [6, 6.07) is 1.32. The standard InChI is InChI=1S/C10H14N6O5/c11-5-1-2-16(9(20)14-5)8-6(18)7(19)10(4-17,21-8)3-13-15-12/h1-2,6-8,17-19H,3-4H2,(H2,11,14,20)/t6-,7+,8-,10-/m1/s1. The monoisotopic (exact) mass is 298 g/mol. The maximum Gasteiger partial charge on any atom is 0.351 e. The van der Waals surface area contributed by atoms with Crippen molar-refractivity contribution < 1.29 is 20.1 Å². The third-order valence-electron chi connectivity index (χ3n) is 3.31. The predicted molar refractivity (Wildman–Crippen MR) is 68.9 cm³/mol. The van der Waals surface area contributed by atoms with Crippen LogP contribution in [0.4, 0.5) is 5.82 Å². The van der Waals surface area contributed by atoms with Gasteiger partial charge >= 0.3 is 5.69 Å². The van der Waals surface area contributed by atoms with E-state index < -0.39 is 42.9 Å². The third kappa shape index (κ3) is 2.55. The van der Waals surface area contributed by atoms with E-state index in [0.717, 1.165) is 4.57 Å². The van der Waals surface area contributed by atoms with E-state index in [-0.39, 0.29) is 5.82 Å². The molecule has 0 unspecified atom stereocenters. The molecule has 114 valence electrons. The summed E-state index contributed by atoms with van der Waals surface area (Å²) >= 11 is 0. The van der Waals surface area contributed by atoms with Crippen LogP contribution in [-0.2, 0) is 4.74 Å². The SMILES string of the molecule is [N-]=[N+]=NC[C@]1(CO)O[C@@H](n2ccc(N)nc2=O)[C@H](O)[C@@H]1O. The summed E-state index contributed by atoms with van der Waals surface area (Å²) < 4.78 is 6.33. The molecule has 4 atom stereocenters. The number of anilines is 1. The van der Waals surface area contributed by atoms with E-state index in [9.17, 15) is 20.1 Å². The number of aliphatic hydroxyl groups excluding tert-OH is 3. The average molecular weight is 298 g/mol. The smallest absolute Gasteiger partial charge is 0.351 e. The van der Waals surface area contributed by atoms with Crippen LogP contribution in [0.25, 0.3) is 10.4 Å². The van der Waals surface area contributed by atoms with Gasteiger partial charge in [0, 0.05) is 11.1 Å². The second kappa shape index (κ2) is 5.68. The van der Waals surface area contributed by atoms with Crippen molar-refractivity contribution in [3.05, 3.63) is 33.2 Å². The minimum atomic E-state index is -1.70. The summed E-state index contributed by atoms with van der Waals surface area (Å²) in [5, 5.41) is 32.7.